The summed E-state index contributed by atoms with van der Waals surface area (Å²) in [4.78, 5) is 11.6. The first-order valence-corrected chi connectivity index (χ1v) is 8.01. The van der Waals surface area contributed by atoms with Crippen molar-refractivity contribution in [3.63, 3.8) is 0 Å². The second-order valence-corrected chi connectivity index (χ2v) is 5.98. The van der Waals surface area contributed by atoms with Crippen molar-refractivity contribution < 1.29 is 14.3 Å². The lowest BCUT2D eigenvalue weighted by atomic mass is 9.98. The predicted octanol–water partition coefficient (Wildman–Crippen LogP) is 4.62. The molecule has 2 aromatic rings. The van der Waals surface area contributed by atoms with Crippen LogP contribution >= 0.6 is 11.6 Å². The maximum absolute atomic E-state index is 11.6. The van der Waals surface area contributed by atoms with E-state index in [9.17, 15) is 4.79 Å². The average Bonchev–Trinajstić information content (AvgIpc) is 2.61. The number of carbonyl (C=O) groups is 1. The van der Waals surface area contributed by atoms with E-state index in [1.54, 1.807) is 24.3 Å². The van der Waals surface area contributed by atoms with Gasteiger partial charge in [-0.2, -0.15) is 5.26 Å². The van der Waals surface area contributed by atoms with Crippen LogP contribution in [0.1, 0.15) is 22.3 Å². The molecule has 128 valence electrons. The van der Waals surface area contributed by atoms with Crippen LogP contribution in [0.15, 0.2) is 42.0 Å². The zero-order chi connectivity index (χ0) is 18.4. The van der Waals surface area contributed by atoms with E-state index in [-0.39, 0.29) is 5.57 Å². The molecule has 0 atom stereocenters. The number of rotatable bonds is 5. The summed E-state index contributed by atoms with van der Waals surface area (Å²) in [6.45, 7) is 4.29. The lowest BCUT2D eigenvalue weighted by molar-refractivity contribution is -0.135. The SMILES string of the molecule is COC(=O)/C(C#N)=C/c1cc(COc2ccc(Cl)cc2)c(C)cc1C. The first-order valence-electron chi connectivity index (χ1n) is 7.63. The minimum Gasteiger partial charge on any atom is -0.489 e. The molecular weight excluding hydrogens is 338 g/mol. The first-order chi connectivity index (χ1) is 11.9. The fraction of sp³-hybridized carbons (Fsp3) is 0.200. The number of benzene rings is 2. The number of ether oxygens (including phenoxy) is 2. The molecule has 0 aliphatic rings. The third-order valence-electron chi connectivity index (χ3n) is 3.76. The number of carbonyl (C=O) groups excluding carboxylic acids is 1. The van der Waals surface area contributed by atoms with Gasteiger partial charge in [0.1, 0.15) is 24.0 Å². The van der Waals surface area contributed by atoms with Gasteiger partial charge in [0.15, 0.2) is 0 Å². The van der Waals surface area contributed by atoms with E-state index < -0.39 is 5.97 Å². The van der Waals surface area contributed by atoms with Crippen molar-refractivity contribution in [2.45, 2.75) is 20.5 Å². The first kappa shape index (κ1) is 18.6. The van der Waals surface area contributed by atoms with Gasteiger partial charge in [0, 0.05) is 5.02 Å². The minimum absolute atomic E-state index is 0.0426. The Bertz CT molecular complexity index is 848. The van der Waals surface area contributed by atoms with Crippen LogP contribution in [0.3, 0.4) is 0 Å². The topological polar surface area (TPSA) is 59.3 Å². The third kappa shape index (κ3) is 4.85. The molecule has 0 unspecified atom stereocenters. The number of methoxy groups -OCH3 is 1. The highest BCUT2D eigenvalue weighted by molar-refractivity contribution is 6.30. The van der Waals surface area contributed by atoms with E-state index in [0.717, 1.165) is 22.3 Å². The molecule has 25 heavy (non-hydrogen) atoms. The van der Waals surface area contributed by atoms with E-state index in [4.69, 9.17) is 21.6 Å². The van der Waals surface area contributed by atoms with Gasteiger partial charge >= 0.3 is 5.97 Å². The molecular formula is C20H18ClNO3. The summed E-state index contributed by atoms with van der Waals surface area (Å²) >= 11 is 5.87. The maximum atomic E-state index is 11.6. The number of aryl methyl sites for hydroxylation is 2. The van der Waals surface area contributed by atoms with Crippen molar-refractivity contribution in [3.05, 3.63) is 69.2 Å². The monoisotopic (exact) mass is 355 g/mol. The Kier molecular flexibility index (Phi) is 6.21. The summed E-state index contributed by atoms with van der Waals surface area (Å²) in [5.41, 5.74) is 3.74. The lowest BCUT2D eigenvalue weighted by Crippen LogP contribution is -2.04. The molecule has 0 aromatic heterocycles. The predicted molar refractivity (Wildman–Crippen MR) is 97.3 cm³/mol. The highest BCUT2D eigenvalue weighted by atomic mass is 35.5. The molecule has 0 spiro atoms. The van der Waals surface area contributed by atoms with Crippen molar-refractivity contribution >= 4 is 23.6 Å². The van der Waals surface area contributed by atoms with E-state index in [1.165, 1.54) is 13.2 Å². The highest BCUT2D eigenvalue weighted by Gasteiger charge is 2.11. The molecule has 0 radical (unpaired) electrons. The molecule has 0 aliphatic carbocycles. The van der Waals surface area contributed by atoms with Crippen molar-refractivity contribution in [1.82, 2.24) is 0 Å². The maximum Gasteiger partial charge on any atom is 0.348 e. The molecule has 5 heteroatoms. The highest BCUT2D eigenvalue weighted by Crippen LogP contribution is 2.22. The fourth-order valence-electron chi connectivity index (χ4n) is 2.32. The van der Waals surface area contributed by atoms with Gasteiger partial charge in [-0.05, 0) is 72.5 Å². The molecule has 0 saturated carbocycles. The minimum atomic E-state index is -0.651. The van der Waals surface area contributed by atoms with Gasteiger partial charge in [0.2, 0.25) is 0 Å². The Morgan fingerprint density at radius 3 is 2.48 bits per heavy atom. The average molecular weight is 356 g/mol. The van der Waals surface area contributed by atoms with Crippen molar-refractivity contribution in [1.29, 1.82) is 5.26 Å². The van der Waals surface area contributed by atoms with Gasteiger partial charge in [0.05, 0.1) is 7.11 Å². The molecule has 0 N–H and O–H groups in total. The summed E-state index contributed by atoms with van der Waals surface area (Å²) in [5.74, 6) is 0.0650. The smallest absolute Gasteiger partial charge is 0.348 e. The summed E-state index contributed by atoms with van der Waals surface area (Å²) in [7, 11) is 1.25. The Hall–Kier alpha value is -2.77. The normalized spacial score (nSPS) is 10.9. The van der Waals surface area contributed by atoms with E-state index in [1.807, 2.05) is 32.0 Å². The molecule has 0 aliphatic heterocycles. The van der Waals surface area contributed by atoms with E-state index >= 15 is 0 Å². The number of hydrogen-bond acceptors (Lipinski definition) is 4. The van der Waals surface area contributed by atoms with Gasteiger partial charge in [-0.25, -0.2) is 4.79 Å². The number of nitrogens with zero attached hydrogens (tertiary/aromatic N) is 1. The molecule has 2 rings (SSSR count). The Morgan fingerprint density at radius 1 is 1.20 bits per heavy atom. The largest absolute Gasteiger partial charge is 0.489 e. The summed E-state index contributed by atoms with van der Waals surface area (Å²) < 4.78 is 10.4. The summed E-state index contributed by atoms with van der Waals surface area (Å²) in [6.07, 6.45) is 1.53. The Labute approximate surface area is 152 Å². The van der Waals surface area contributed by atoms with Gasteiger partial charge in [-0.15, -0.1) is 0 Å². The molecule has 0 heterocycles. The summed E-state index contributed by atoms with van der Waals surface area (Å²) in [5, 5.41) is 9.77. The van der Waals surface area contributed by atoms with Crippen LogP contribution in [-0.4, -0.2) is 13.1 Å². The van der Waals surface area contributed by atoms with Crippen molar-refractivity contribution in [3.8, 4) is 11.8 Å². The van der Waals surface area contributed by atoms with Crippen LogP contribution in [0.4, 0.5) is 0 Å². The number of nitriles is 1. The van der Waals surface area contributed by atoms with Crippen LogP contribution in [0.25, 0.3) is 6.08 Å². The number of hydrogen-bond donors (Lipinski definition) is 0. The van der Waals surface area contributed by atoms with Gasteiger partial charge < -0.3 is 9.47 Å². The molecule has 0 fully saturated rings. The fourth-order valence-corrected chi connectivity index (χ4v) is 2.45. The van der Waals surface area contributed by atoms with Crippen LogP contribution in [0, 0.1) is 25.2 Å². The molecule has 4 nitrogen and oxygen atoms in total. The molecule has 2 aromatic carbocycles. The van der Waals surface area contributed by atoms with E-state index in [2.05, 4.69) is 4.74 Å². The zero-order valence-corrected chi connectivity index (χ0v) is 15.1. The van der Waals surface area contributed by atoms with Crippen molar-refractivity contribution in [2.24, 2.45) is 0 Å². The number of halogens is 1. The van der Waals surface area contributed by atoms with Gasteiger partial charge in [0.25, 0.3) is 0 Å². The summed E-state index contributed by atoms with van der Waals surface area (Å²) in [6, 6.07) is 12.9. The standard InChI is InChI=1S/C20H18ClNO3/c1-13-8-14(2)17(12-25-19-6-4-18(21)5-7-19)10-15(13)9-16(11-22)20(23)24-3/h4-10H,12H2,1-3H3/b16-9+. The Balaban J connectivity index is 2.28. The van der Waals surface area contributed by atoms with Gasteiger partial charge in [-0.3, -0.25) is 0 Å². The van der Waals surface area contributed by atoms with E-state index in [0.29, 0.717) is 17.4 Å². The second-order valence-electron chi connectivity index (χ2n) is 5.54. The molecule has 0 bridgehead atoms. The van der Waals surface area contributed by atoms with Crippen LogP contribution < -0.4 is 4.74 Å². The molecule has 0 amide bonds. The van der Waals surface area contributed by atoms with Crippen LogP contribution in [0.5, 0.6) is 5.75 Å². The number of esters is 1. The lowest BCUT2D eigenvalue weighted by Gasteiger charge is -2.12. The van der Waals surface area contributed by atoms with Crippen molar-refractivity contribution in [2.75, 3.05) is 7.11 Å². The van der Waals surface area contributed by atoms with Crippen LogP contribution in [0.2, 0.25) is 5.02 Å². The Morgan fingerprint density at radius 2 is 1.88 bits per heavy atom. The quantitative estimate of drug-likeness (QED) is 0.446. The zero-order valence-electron chi connectivity index (χ0n) is 14.3. The van der Waals surface area contributed by atoms with Gasteiger partial charge in [-0.1, -0.05) is 17.7 Å². The molecule has 0 saturated heterocycles. The third-order valence-corrected chi connectivity index (χ3v) is 4.01. The second kappa shape index (κ2) is 8.36. The van der Waals surface area contributed by atoms with Crippen LogP contribution in [-0.2, 0) is 16.1 Å².